The fourth-order valence-corrected chi connectivity index (χ4v) is 3.19. The van der Waals surface area contributed by atoms with Crippen LogP contribution in [0.2, 0.25) is 0 Å². The van der Waals surface area contributed by atoms with Gasteiger partial charge < -0.3 is 15.8 Å². The minimum Gasteiger partial charge on any atom is -0.397 e. The summed E-state index contributed by atoms with van der Waals surface area (Å²) in [4.78, 5) is 17.7. The van der Waals surface area contributed by atoms with E-state index in [9.17, 15) is 4.79 Å². The average Bonchev–Trinajstić information content (AvgIpc) is 3.05. The van der Waals surface area contributed by atoms with Crippen LogP contribution in [0.3, 0.4) is 0 Å². The summed E-state index contributed by atoms with van der Waals surface area (Å²) in [6, 6.07) is 3.70. The first-order valence-corrected chi connectivity index (χ1v) is 7.10. The Morgan fingerprint density at radius 2 is 2.53 bits per heavy atom. The molecule has 1 fully saturated rings. The molecule has 3 heterocycles. The number of nitrogen functional groups attached to an aromatic ring is 1. The van der Waals surface area contributed by atoms with Crippen LogP contribution >= 0.6 is 11.3 Å². The molecule has 1 aliphatic rings. The van der Waals surface area contributed by atoms with Crippen LogP contribution in [0.25, 0.3) is 10.2 Å². The van der Waals surface area contributed by atoms with Gasteiger partial charge in [-0.05, 0) is 25.0 Å². The van der Waals surface area contributed by atoms with Crippen molar-refractivity contribution in [2.75, 3.05) is 18.9 Å². The van der Waals surface area contributed by atoms with Crippen molar-refractivity contribution < 1.29 is 9.53 Å². The lowest BCUT2D eigenvalue weighted by Crippen LogP contribution is -2.31. The molecule has 0 aliphatic carbocycles. The SMILES string of the molecule is Nc1c(C(=O)NCC2CCCO2)sc2ncccc12. The van der Waals surface area contributed by atoms with Crippen LogP contribution < -0.4 is 11.1 Å². The van der Waals surface area contributed by atoms with E-state index in [2.05, 4.69) is 10.3 Å². The molecule has 1 amide bonds. The van der Waals surface area contributed by atoms with E-state index in [0.29, 0.717) is 17.1 Å². The Balaban J connectivity index is 1.75. The Labute approximate surface area is 114 Å². The second-order valence-corrected chi connectivity index (χ2v) is 5.55. The van der Waals surface area contributed by atoms with Crippen LogP contribution in [-0.4, -0.2) is 30.1 Å². The van der Waals surface area contributed by atoms with Crippen LogP contribution in [-0.2, 0) is 4.74 Å². The number of nitrogens with two attached hydrogens (primary N) is 1. The average molecular weight is 277 g/mol. The third-order valence-electron chi connectivity index (χ3n) is 3.23. The van der Waals surface area contributed by atoms with Crippen LogP contribution in [0.4, 0.5) is 5.69 Å². The number of amides is 1. The van der Waals surface area contributed by atoms with Crippen LogP contribution in [0.15, 0.2) is 18.3 Å². The molecule has 2 aromatic rings. The third-order valence-corrected chi connectivity index (χ3v) is 4.35. The van der Waals surface area contributed by atoms with Gasteiger partial charge in [0.1, 0.15) is 9.71 Å². The van der Waals surface area contributed by atoms with Crippen molar-refractivity contribution >= 4 is 33.1 Å². The molecular formula is C13H15N3O2S. The van der Waals surface area contributed by atoms with E-state index in [1.165, 1.54) is 11.3 Å². The molecule has 1 aliphatic heterocycles. The van der Waals surface area contributed by atoms with Crippen LogP contribution in [0.5, 0.6) is 0 Å². The molecule has 0 spiro atoms. The maximum absolute atomic E-state index is 12.1. The number of thiophene rings is 1. The van der Waals surface area contributed by atoms with E-state index in [4.69, 9.17) is 10.5 Å². The Hall–Kier alpha value is -1.66. The van der Waals surface area contributed by atoms with Gasteiger partial charge in [-0.25, -0.2) is 4.98 Å². The summed E-state index contributed by atoms with van der Waals surface area (Å²) in [6.07, 6.45) is 3.91. The molecule has 1 saturated heterocycles. The molecule has 0 aromatic carbocycles. The predicted molar refractivity (Wildman–Crippen MR) is 75.3 cm³/mol. The monoisotopic (exact) mass is 277 g/mol. The number of rotatable bonds is 3. The second-order valence-electron chi connectivity index (χ2n) is 4.55. The molecule has 19 heavy (non-hydrogen) atoms. The number of aromatic nitrogens is 1. The first-order chi connectivity index (χ1) is 9.25. The smallest absolute Gasteiger partial charge is 0.263 e. The molecule has 1 atom stereocenters. The number of fused-ring (bicyclic) bond motifs is 1. The van der Waals surface area contributed by atoms with Crippen molar-refractivity contribution in [1.29, 1.82) is 0 Å². The normalized spacial score (nSPS) is 18.8. The molecular weight excluding hydrogens is 262 g/mol. The molecule has 0 saturated carbocycles. The minimum absolute atomic E-state index is 0.137. The maximum atomic E-state index is 12.1. The van der Waals surface area contributed by atoms with Gasteiger partial charge in [0.25, 0.3) is 5.91 Å². The van der Waals surface area contributed by atoms with Crippen molar-refractivity contribution in [3.8, 4) is 0 Å². The van der Waals surface area contributed by atoms with Gasteiger partial charge in [0, 0.05) is 24.7 Å². The highest BCUT2D eigenvalue weighted by Gasteiger charge is 2.20. The molecule has 0 bridgehead atoms. The zero-order valence-corrected chi connectivity index (χ0v) is 11.2. The highest BCUT2D eigenvalue weighted by atomic mass is 32.1. The van der Waals surface area contributed by atoms with Crippen molar-refractivity contribution in [2.24, 2.45) is 0 Å². The van der Waals surface area contributed by atoms with Gasteiger partial charge in [0.15, 0.2) is 0 Å². The fourth-order valence-electron chi connectivity index (χ4n) is 2.21. The molecule has 3 N–H and O–H groups in total. The van der Waals surface area contributed by atoms with Gasteiger partial charge in [-0.15, -0.1) is 11.3 Å². The van der Waals surface area contributed by atoms with E-state index >= 15 is 0 Å². The summed E-state index contributed by atoms with van der Waals surface area (Å²) in [5.41, 5.74) is 6.51. The van der Waals surface area contributed by atoms with E-state index in [0.717, 1.165) is 29.7 Å². The Kier molecular flexibility index (Phi) is 3.35. The number of ether oxygens (including phenoxy) is 1. The lowest BCUT2D eigenvalue weighted by molar-refractivity contribution is 0.0862. The van der Waals surface area contributed by atoms with Crippen molar-refractivity contribution in [3.05, 3.63) is 23.2 Å². The molecule has 1 unspecified atom stereocenters. The predicted octanol–water partition coefficient (Wildman–Crippen LogP) is 1.79. The minimum atomic E-state index is -0.143. The standard InChI is InChI=1S/C13H15N3O2S/c14-10-9-4-1-5-15-13(9)19-11(10)12(17)16-7-8-3-2-6-18-8/h1,4-5,8H,2-3,6-7,14H2,(H,16,17). The highest BCUT2D eigenvalue weighted by molar-refractivity contribution is 7.21. The van der Waals surface area contributed by atoms with Crippen molar-refractivity contribution in [1.82, 2.24) is 10.3 Å². The lowest BCUT2D eigenvalue weighted by atomic mass is 10.2. The van der Waals surface area contributed by atoms with Crippen molar-refractivity contribution in [3.63, 3.8) is 0 Å². The molecule has 3 rings (SSSR count). The number of pyridine rings is 1. The number of carbonyl (C=O) groups is 1. The van der Waals surface area contributed by atoms with Crippen molar-refractivity contribution in [2.45, 2.75) is 18.9 Å². The van der Waals surface area contributed by atoms with E-state index in [1.807, 2.05) is 12.1 Å². The number of anilines is 1. The number of nitrogens with zero attached hydrogens (tertiary/aromatic N) is 1. The Morgan fingerprint density at radius 3 is 3.26 bits per heavy atom. The Bertz CT molecular complexity index is 605. The largest absolute Gasteiger partial charge is 0.397 e. The topological polar surface area (TPSA) is 77.2 Å². The number of hydrogen-bond acceptors (Lipinski definition) is 5. The summed E-state index contributed by atoms with van der Waals surface area (Å²) in [5.74, 6) is -0.143. The van der Waals surface area contributed by atoms with Gasteiger partial charge in [-0.2, -0.15) is 0 Å². The van der Waals surface area contributed by atoms with Gasteiger partial charge >= 0.3 is 0 Å². The number of nitrogens with one attached hydrogen (secondary N) is 1. The van der Waals surface area contributed by atoms with Gasteiger partial charge in [-0.3, -0.25) is 4.79 Å². The zero-order valence-electron chi connectivity index (χ0n) is 10.4. The van der Waals surface area contributed by atoms with Gasteiger partial charge in [0.2, 0.25) is 0 Å². The summed E-state index contributed by atoms with van der Waals surface area (Å²) in [7, 11) is 0. The zero-order chi connectivity index (χ0) is 13.2. The number of carbonyl (C=O) groups excluding carboxylic acids is 1. The summed E-state index contributed by atoms with van der Waals surface area (Å²) in [5, 5.41) is 3.72. The molecule has 100 valence electrons. The molecule has 2 aromatic heterocycles. The van der Waals surface area contributed by atoms with Crippen LogP contribution in [0, 0.1) is 0 Å². The summed E-state index contributed by atoms with van der Waals surface area (Å²) >= 11 is 1.33. The summed E-state index contributed by atoms with van der Waals surface area (Å²) in [6.45, 7) is 1.33. The molecule has 5 nitrogen and oxygen atoms in total. The number of hydrogen-bond donors (Lipinski definition) is 2. The Morgan fingerprint density at radius 1 is 1.63 bits per heavy atom. The van der Waals surface area contributed by atoms with E-state index in [-0.39, 0.29) is 12.0 Å². The second kappa shape index (κ2) is 5.14. The van der Waals surface area contributed by atoms with E-state index in [1.54, 1.807) is 6.20 Å². The first kappa shape index (κ1) is 12.4. The lowest BCUT2D eigenvalue weighted by Gasteiger charge is -2.10. The highest BCUT2D eigenvalue weighted by Crippen LogP contribution is 2.31. The fraction of sp³-hybridized carbons (Fsp3) is 0.385. The van der Waals surface area contributed by atoms with Crippen LogP contribution in [0.1, 0.15) is 22.5 Å². The third kappa shape index (κ3) is 2.41. The van der Waals surface area contributed by atoms with Gasteiger partial charge in [0.05, 0.1) is 11.8 Å². The molecule has 6 heteroatoms. The molecule has 0 radical (unpaired) electrons. The quantitative estimate of drug-likeness (QED) is 0.896. The van der Waals surface area contributed by atoms with E-state index < -0.39 is 0 Å². The summed E-state index contributed by atoms with van der Waals surface area (Å²) < 4.78 is 5.47. The maximum Gasteiger partial charge on any atom is 0.263 e. The van der Waals surface area contributed by atoms with Gasteiger partial charge in [-0.1, -0.05) is 0 Å². The first-order valence-electron chi connectivity index (χ1n) is 6.28.